The van der Waals surface area contributed by atoms with Crippen LogP contribution in [0.5, 0.6) is 0 Å². The zero-order valence-electron chi connectivity index (χ0n) is 18.4. The number of nitrogens with one attached hydrogen (secondary N) is 1. The fourth-order valence-corrected chi connectivity index (χ4v) is 4.13. The molecule has 0 radical (unpaired) electrons. The summed E-state index contributed by atoms with van der Waals surface area (Å²) in [6.07, 6.45) is 4.18. The third-order valence-electron chi connectivity index (χ3n) is 5.70. The summed E-state index contributed by atoms with van der Waals surface area (Å²) in [6, 6.07) is 14.2. The first-order chi connectivity index (χ1) is 14.8. The second-order valence-corrected chi connectivity index (χ2v) is 8.44. The van der Waals surface area contributed by atoms with Gasteiger partial charge in [0.05, 0.1) is 17.3 Å². The summed E-state index contributed by atoms with van der Waals surface area (Å²) in [4.78, 5) is 25.7. The summed E-state index contributed by atoms with van der Waals surface area (Å²) in [6.45, 7) is 8.24. The summed E-state index contributed by atoms with van der Waals surface area (Å²) in [5, 5.41) is 8.30. The lowest BCUT2D eigenvalue weighted by atomic mass is 9.92. The first kappa shape index (κ1) is 20.8. The van der Waals surface area contributed by atoms with Gasteiger partial charge in [0.1, 0.15) is 0 Å². The Balaban J connectivity index is 1.73. The predicted molar refractivity (Wildman–Crippen MR) is 124 cm³/mol. The quantitative estimate of drug-likeness (QED) is 0.621. The molecule has 5 heteroatoms. The fraction of sp³-hybridized carbons (Fsp3) is 0.269. The van der Waals surface area contributed by atoms with E-state index in [1.54, 1.807) is 6.20 Å². The van der Waals surface area contributed by atoms with Gasteiger partial charge in [-0.1, -0.05) is 42.0 Å². The second-order valence-electron chi connectivity index (χ2n) is 8.44. The Bertz CT molecular complexity index is 1230. The highest BCUT2D eigenvalue weighted by molar-refractivity contribution is 6.08. The number of allylic oxidation sites excluding steroid dienone is 3. The van der Waals surface area contributed by atoms with Gasteiger partial charge < -0.3 is 5.32 Å². The smallest absolute Gasteiger partial charge is 0.252 e. The first-order valence-electron chi connectivity index (χ1n) is 10.6. The van der Waals surface area contributed by atoms with E-state index in [9.17, 15) is 9.59 Å². The maximum absolute atomic E-state index is 13.2. The van der Waals surface area contributed by atoms with Crippen LogP contribution in [0.15, 0.2) is 71.5 Å². The number of aromatic nitrogens is 2. The van der Waals surface area contributed by atoms with Crippen LogP contribution in [0.3, 0.4) is 0 Å². The second kappa shape index (κ2) is 8.34. The molecule has 0 saturated carbocycles. The van der Waals surface area contributed by atoms with Gasteiger partial charge in [0.15, 0.2) is 5.78 Å². The summed E-state index contributed by atoms with van der Waals surface area (Å²) in [7, 11) is 0. The molecule has 3 aromatic rings. The summed E-state index contributed by atoms with van der Waals surface area (Å²) >= 11 is 0. The lowest BCUT2D eigenvalue weighted by Gasteiger charge is -2.16. The van der Waals surface area contributed by atoms with Gasteiger partial charge in [-0.25, -0.2) is 0 Å². The highest BCUT2D eigenvalue weighted by Gasteiger charge is 2.21. The topological polar surface area (TPSA) is 64.0 Å². The van der Waals surface area contributed by atoms with Crippen LogP contribution < -0.4 is 5.32 Å². The minimum Gasteiger partial charge on any atom is -0.348 e. The van der Waals surface area contributed by atoms with Crippen molar-refractivity contribution in [2.24, 2.45) is 0 Å². The van der Waals surface area contributed by atoms with Crippen LogP contribution in [0, 0.1) is 0 Å². The third-order valence-corrected chi connectivity index (χ3v) is 5.70. The number of hydrogen-bond donors (Lipinski definition) is 1. The van der Waals surface area contributed by atoms with Gasteiger partial charge in [0.25, 0.3) is 5.91 Å². The van der Waals surface area contributed by atoms with Crippen molar-refractivity contribution in [1.82, 2.24) is 15.1 Å². The third kappa shape index (κ3) is 4.08. The summed E-state index contributed by atoms with van der Waals surface area (Å²) in [5.74, 6) is -0.126. The fourth-order valence-electron chi connectivity index (χ4n) is 4.13. The van der Waals surface area contributed by atoms with Gasteiger partial charge in [0.2, 0.25) is 0 Å². The monoisotopic (exact) mass is 413 g/mol. The van der Waals surface area contributed by atoms with E-state index in [0.717, 1.165) is 33.2 Å². The number of fused-ring (bicyclic) bond motifs is 1. The number of Topliss-reactive ketones (excluding diaryl/α,β-unsaturated/α-hetero) is 1. The maximum Gasteiger partial charge on any atom is 0.252 e. The van der Waals surface area contributed by atoms with Gasteiger partial charge in [-0.05, 0) is 56.5 Å². The lowest BCUT2D eigenvalue weighted by Crippen LogP contribution is -2.29. The van der Waals surface area contributed by atoms with Gasteiger partial charge in [-0.15, -0.1) is 0 Å². The first-order valence-corrected chi connectivity index (χ1v) is 10.6. The number of nitrogens with zero attached hydrogens (tertiary/aromatic N) is 2. The Labute approximate surface area is 182 Å². The highest BCUT2D eigenvalue weighted by atomic mass is 16.2. The predicted octanol–water partition coefficient (Wildman–Crippen LogP) is 5.25. The van der Waals surface area contributed by atoms with Crippen molar-refractivity contribution < 1.29 is 9.59 Å². The van der Waals surface area contributed by atoms with E-state index >= 15 is 0 Å². The molecule has 0 aliphatic heterocycles. The standard InChI is InChI=1S/C26H27N3O2/c1-16(2)29-24-13-20(19-8-6-5-7-9-19)12-21(23(24)15-28-29)26(31)27-14-22-18(4)10-17(3)11-25(22)30/h5-10,12-13,15-16H,11,14H2,1-4H3,(H,27,31). The molecular formula is C26H27N3O2. The van der Waals surface area contributed by atoms with E-state index in [-0.39, 0.29) is 24.3 Å². The van der Waals surface area contributed by atoms with Crippen LogP contribution >= 0.6 is 0 Å². The molecular weight excluding hydrogens is 386 g/mol. The molecule has 1 N–H and O–H groups in total. The lowest BCUT2D eigenvalue weighted by molar-refractivity contribution is -0.115. The molecule has 4 rings (SSSR count). The summed E-state index contributed by atoms with van der Waals surface area (Å²) < 4.78 is 1.93. The van der Waals surface area contributed by atoms with Crippen LogP contribution in [-0.4, -0.2) is 28.0 Å². The molecule has 1 amide bonds. The Morgan fingerprint density at radius 2 is 1.87 bits per heavy atom. The van der Waals surface area contributed by atoms with Crippen LogP contribution in [0.2, 0.25) is 0 Å². The SMILES string of the molecule is CC1=CC(C)=C(CNC(=O)c2cc(-c3ccccc3)cc3c2cnn3C(C)C)C(=O)C1. The largest absolute Gasteiger partial charge is 0.348 e. The average Bonchev–Trinajstić information content (AvgIpc) is 3.17. The van der Waals surface area contributed by atoms with Crippen molar-refractivity contribution in [2.45, 2.75) is 40.2 Å². The molecule has 5 nitrogen and oxygen atoms in total. The van der Waals surface area contributed by atoms with Crippen molar-refractivity contribution in [2.75, 3.05) is 6.54 Å². The van der Waals surface area contributed by atoms with Crippen molar-refractivity contribution in [3.8, 4) is 11.1 Å². The van der Waals surface area contributed by atoms with Gasteiger partial charge >= 0.3 is 0 Å². The number of hydrogen-bond acceptors (Lipinski definition) is 3. The van der Waals surface area contributed by atoms with Crippen molar-refractivity contribution in [3.05, 3.63) is 77.0 Å². The molecule has 1 aliphatic rings. The normalized spacial score (nSPS) is 14.4. The maximum atomic E-state index is 13.2. The molecule has 0 saturated heterocycles. The number of benzene rings is 2. The van der Waals surface area contributed by atoms with Crippen molar-refractivity contribution >= 4 is 22.6 Å². The molecule has 158 valence electrons. The summed E-state index contributed by atoms with van der Waals surface area (Å²) in [5.41, 5.74) is 6.13. The van der Waals surface area contributed by atoms with E-state index in [1.165, 1.54) is 0 Å². The highest BCUT2D eigenvalue weighted by Crippen LogP contribution is 2.29. The Kier molecular flexibility index (Phi) is 5.59. The number of rotatable bonds is 5. The molecule has 0 spiro atoms. The minimum absolute atomic E-state index is 0.0774. The molecule has 1 aliphatic carbocycles. The zero-order valence-corrected chi connectivity index (χ0v) is 18.4. The molecule has 0 unspecified atom stereocenters. The molecule has 1 aromatic heterocycles. The van der Waals surface area contributed by atoms with Crippen LogP contribution in [0.25, 0.3) is 22.0 Å². The average molecular weight is 414 g/mol. The van der Waals surface area contributed by atoms with E-state index in [4.69, 9.17) is 0 Å². The zero-order chi connectivity index (χ0) is 22.1. The molecule has 1 heterocycles. The Morgan fingerprint density at radius 3 is 2.55 bits per heavy atom. The molecule has 0 bridgehead atoms. The van der Waals surface area contributed by atoms with Gasteiger partial charge in [-0.2, -0.15) is 5.10 Å². The van der Waals surface area contributed by atoms with E-state index in [2.05, 4.69) is 30.3 Å². The van der Waals surface area contributed by atoms with Gasteiger partial charge in [-0.3, -0.25) is 14.3 Å². The van der Waals surface area contributed by atoms with Crippen LogP contribution in [0.4, 0.5) is 0 Å². The van der Waals surface area contributed by atoms with E-state index in [0.29, 0.717) is 17.6 Å². The minimum atomic E-state index is -0.203. The van der Waals surface area contributed by atoms with Crippen LogP contribution in [0.1, 0.15) is 50.5 Å². The van der Waals surface area contributed by atoms with Crippen molar-refractivity contribution in [1.29, 1.82) is 0 Å². The Hall–Kier alpha value is -3.47. The number of ketones is 1. The van der Waals surface area contributed by atoms with Crippen molar-refractivity contribution in [3.63, 3.8) is 0 Å². The molecule has 2 aromatic carbocycles. The number of carbonyl (C=O) groups excluding carboxylic acids is 2. The number of carbonyl (C=O) groups is 2. The molecule has 0 fully saturated rings. The Morgan fingerprint density at radius 1 is 1.13 bits per heavy atom. The molecule has 31 heavy (non-hydrogen) atoms. The van der Waals surface area contributed by atoms with Gasteiger partial charge in [0, 0.05) is 30.0 Å². The number of amides is 1. The van der Waals surface area contributed by atoms with E-state index < -0.39 is 0 Å². The molecule has 0 atom stereocenters. The van der Waals surface area contributed by atoms with E-state index in [1.807, 2.05) is 61.0 Å². The van der Waals surface area contributed by atoms with Crippen LogP contribution in [-0.2, 0) is 4.79 Å².